The topological polar surface area (TPSA) is 87.3 Å². The molecule has 0 radical (unpaired) electrons. The molecule has 0 fully saturated rings. The SMILES string of the molecule is O=C(CCC1Cc2ccccc2NC1=O)NNC(=O)c1ccccc1Cl. The quantitative estimate of drug-likeness (QED) is 0.722. The molecule has 1 aliphatic heterocycles. The van der Waals surface area contributed by atoms with Gasteiger partial charge in [0.2, 0.25) is 11.8 Å². The maximum atomic E-state index is 12.1. The Morgan fingerprint density at radius 3 is 2.62 bits per heavy atom. The minimum absolute atomic E-state index is 0.0865. The van der Waals surface area contributed by atoms with E-state index in [1.165, 1.54) is 0 Å². The third kappa shape index (κ3) is 4.21. The Bertz CT molecular complexity index is 853. The van der Waals surface area contributed by atoms with Crippen LogP contribution in [0.3, 0.4) is 0 Å². The third-order valence-corrected chi connectivity index (χ3v) is 4.60. The Morgan fingerprint density at radius 2 is 1.81 bits per heavy atom. The number of hydrogen-bond acceptors (Lipinski definition) is 3. The van der Waals surface area contributed by atoms with Crippen molar-refractivity contribution in [3.63, 3.8) is 0 Å². The van der Waals surface area contributed by atoms with Gasteiger partial charge in [0.25, 0.3) is 5.91 Å². The predicted octanol–water partition coefficient (Wildman–Crippen LogP) is 2.69. The van der Waals surface area contributed by atoms with Crippen LogP contribution in [0.15, 0.2) is 48.5 Å². The van der Waals surface area contributed by atoms with E-state index in [-0.39, 0.29) is 29.7 Å². The Labute approximate surface area is 155 Å². The van der Waals surface area contributed by atoms with E-state index in [0.29, 0.717) is 17.9 Å². The van der Waals surface area contributed by atoms with Crippen LogP contribution in [0.2, 0.25) is 5.02 Å². The number of benzene rings is 2. The molecule has 3 amide bonds. The number of hydrazine groups is 1. The zero-order valence-corrected chi connectivity index (χ0v) is 14.7. The fraction of sp³-hybridized carbons (Fsp3) is 0.211. The number of carbonyl (C=O) groups excluding carboxylic acids is 3. The molecule has 0 spiro atoms. The number of halogens is 1. The van der Waals surface area contributed by atoms with E-state index < -0.39 is 5.91 Å². The highest BCUT2D eigenvalue weighted by Gasteiger charge is 2.26. The van der Waals surface area contributed by atoms with Crippen molar-refractivity contribution < 1.29 is 14.4 Å². The Morgan fingerprint density at radius 1 is 1.08 bits per heavy atom. The lowest BCUT2D eigenvalue weighted by atomic mass is 9.89. The van der Waals surface area contributed by atoms with Crippen molar-refractivity contribution in [1.82, 2.24) is 10.9 Å². The number of hydrogen-bond donors (Lipinski definition) is 3. The molecule has 3 rings (SSSR count). The molecule has 1 aliphatic rings. The summed E-state index contributed by atoms with van der Waals surface area (Å²) in [6.07, 6.45) is 1.12. The average molecular weight is 372 g/mol. The molecule has 0 aromatic heterocycles. The van der Waals surface area contributed by atoms with E-state index in [2.05, 4.69) is 16.2 Å². The molecule has 1 atom stereocenters. The van der Waals surface area contributed by atoms with Gasteiger partial charge in [0, 0.05) is 18.0 Å². The van der Waals surface area contributed by atoms with Crippen LogP contribution in [0.4, 0.5) is 5.69 Å². The smallest absolute Gasteiger partial charge is 0.271 e. The van der Waals surface area contributed by atoms with Gasteiger partial charge < -0.3 is 5.32 Å². The van der Waals surface area contributed by atoms with Gasteiger partial charge in [-0.25, -0.2) is 0 Å². The largest absolute Gasteiger partial charge is 0.326 e. The summed E-state index contributed by atoms with van der Waals surface area (Å²) in [5.74, 6) is -1.21. The molecule has 6 nitrogen and oxygen atoms in total. The van der Waals surface area contributed by atoms with Crippen molar-refractivity contribution in [2.24, 2.45) is 5.92 Å². The van der Waals surface area contributed by atoms with Crippen LogP contribution in [0, 0.1) is 5.92 Å². The van der Waals surface area contributed by atoms with E-state index in [0.717, 1.165) is 11.3 Å². The fourth-order valence-corrected chi connectivity index (χ4v) is 3.07. The van der Waals surface area contributed by atoms with Crippen molar-refractivity contribution in [2.75, 3.05) is 5.32 Å². The molecule has 0 aliphatic carbocycles. The van der Waals surface area contributed by atoms with E-state index in [9.17, 15) is 14.4 Å². The minimum Gasteiger partial charge on any atom is -0.326 e. The van der Waals surface area contributed by atoms with Gasteiger partial charge in [-0.05, 0) is 36.6 Å². The van der Waals surface area contributed by atoms with E-state index in [1.54, 1.807) is 24.3 Å². The van der Waals surface area contributed by atoms with E-state index in [1.807, 2.05) is 24.3 Å². The monoisotopic (exact) mass is 371 g/mol. The molecule has 2 aromatic carbocycles. The van der Waals surface area contributed by atoms with Gasteiger partial charge in [-0.15, -0.1) is 0 Å². The highest BCUT2D eigenvalue weighted by atomic mass is 35.5. The van der Waals surface area contributed by atoms with Gasteiger partial charge in [-0.2, -0.15) is 0 Å². The molecule has 1 heterocycles. The first-order chi connectivity index (χ1) is 12.5. The summed E-state index contributed by atoms with van der Waals surface area (Å²) < 4.78 is 0. The van der Waals surface area contributed by atoms with Gasteiger partial charge in [-0.1, -0.05) is 41.9 Å². The average Bonchev–Trinajstić information content (AvgIpc) is 2.64. The molecule has 0 saturated carbocycles. The molecule has 134 valence electrons. The summed E-state index contributed by atoms with van der Waals surface area (Å²) in [7, 11) is 0. The van der Waals surface area contributed by atoms with Crippen molar-refractivity contribution in [3.05, 3.63) is 64.7 Å². The summed E-state index contributed by atoms with van der Waals surface area (Å²) in [6.45, 7) is 0. The molecule has 26 heavy (non-hydrogen) atoms. The van der Waals surface area contributed by atoms with Gasteiger partial charge in [0.05, 0.1) is 10.6 Å². The lowest BCUT2D eigenvalue weighted by molar-refractivity contribution is -0.123. The lowest BCUT2D eigenvalue weighted by Crippen LogP contribution is -2.42. The second-order valence-electron chi connectivity index (χ2n) is 6.07. The Kier molecular flexibility index (Phi) is 5.53. The summed E-state index contributed by atoms with van der Waals surface area (Å²) in [5, 5.41) is 3.16. The molecule has 0 bridgehead atoms. The van der Waals surface area contributed by atoms with Crippen LogP contribution in [0.25, 0.3) is 0 Å². The lowest BCUT2D eigenvalue weighted by Gasteiger charge is -2.24. The van der Waals surface area contributed by atoms with Crippen LogP contribution in [-0.2, 0) is 16.0 Å². The number of nitrogens with one attached hydrogen (secondary N) is 3. The van der Waals surface area contributed by atoms with E-state index >= 15 is 0 Å². The Hall–Kier alpha value is -2.86. The van der Waals surface area contributed by atoms with Crippen molar-refractivity contribution in [3.8, 4) is 0 Å². The van der Waals surface area contributed by atoms with Crippen LogP contribution in [-0.4, -0.2) is 17.7 Å². The fourth-order valence-electron chi connectivity index (χ4n) is 2.85. The van der Waals surface area contributed by atoms with Gasteiger partial charge >= 0.3 is 0 Å². The number of carbonyl (C=O) groups is 3. The van der Waals surface area contributed by atoms with Crippen LogP contribution >= 0.6 is 11.6 Å². The number of rotatable bonds is 4. The number of anilines is 1. The third-order valence-electron chi connectivity index (χ3n) is 4.27. The van der Waals surface area contributed by atoms with Gasteiger partial charge in [0.1, 0.15) is 0 Å². The van der Waals surface area contributed by atoms with Crippen molar-refractivity contribution in [2.45, 2.75) is 19.3 Å². The van der Waals surface area contributed by atoms with Gasteiger partial charge in [0.15, 0.2) is 0 Å². The van der Waals surface area contributed by atoms with Crippen LogP contribution in [0.5, 0.6) is 0 Å². The highest BCUT2D eigenvalue weighted by Crippen LogP contribution is 2.27. The summed E-state index contributed by atoms with van der Waals surface area (Å²) in [6, 6.07) is 14.2. The van der Waals surface area contributed by atoms with Gasteiger partial charge in [-0.3, -0.25) is 25.2 Å². The molecule has 1 unspecified atom stereocenters. The molecule has 2 aromatic rings. The molecule has 0 saturated heterocycles. The number of amides is 3. The summed E-state index contributed by atoms with van der Waals surface area (Å²) in [4.78, 5) is 36.1. The normalized spacial score (nSPS) is 15.6. The first-order valence-corrected chi connectivity index (χ1v) is 8.65. The van der Waals surface area contributed by atoms with Crippen LogP contribution < -0.4 is 16.2 Å². The molecule has 3 N–H and O–H groups in total. The second kappa shape index (κ2) is 8.01. The molecule has 7 heteroatoms. The van der Waals surface area contributed by atoms with Crippen molar-refractivity contribution >= 4 is 35.0 Å². The predicted molar refractivity (Wildman–Crippen MR) is 98.6 cm³/mol. The van der Waals surface area contributed by atoms with Crippen molar-refractivity contribution in [1.29, 1.82) is 0 Å². The number of fused-ring (bicyclic) bond motifs is 1. The maximum Gasteiger partial charge on any atom is 0.271 e. The molecular formula is C19H18ClN3O3. The standard InChI is InChI=1S/C19H18ClN3O3/c20-15-7-3-2-6-14(15)19(26)23-22-17(24)10-9-13-11-12-5-1-4-8-16(12)21-18(13)25/h1-8,13H,9-11H2,(H,21,25)(H,22,24)(H,23,26). The maximum absolute atomic E-state index is 12.1. The minimum atomic E-state index is -0.492. The highest BCUT2D eigenvalue weighted by molar-refractivity contribution is 6.33. The zero-order valence-electron chi connectivity index (χ0n) is 13.9. The van der Waals surface area contributed by atoms with Crippen LogP contribution in [0.1, 0.15) is 28.8 Å². The summed E-state index contributed by atoms with van der Waals surface area (Å²) >= 11 is 5.94. The summed E-state index contributed by atoms with van der Waals surface area (Å²) in [5.41, 5.74) is 6.84. The van der Waals surface area contributed by atoms with E-state index in [4.69, 9.17) is 11.6 Å². The Balaban J connectivity index is 1.48. The molecular weight excluding hydrogens is 354 g/mol. The first kappa shape index (κ1) is 17.9. The second-order valence-corrected chi connectivity index (χ2v) is 6.48. The zero-order chi connectivity index (χ0) is 18.5. The first-order valence-electron chi connectivity index (χ1n) is 8.27. The number of para-hydroxylation sites is 1.